The molecule has 0 bridgehead atoms. The maximum Gasteiger partial charge on any atom is 0.251 e. The number of amides is 1. The number of fused-ring (bicyclic) bond motifs is 1. The first-order valence-corrected chi connectivity index (χ1v) is 8.86. The number of benzene rings is 2. The fraction of sp³-hybridized carbons (Fsp3) is 0.200. The predicted octanol–water partition coefficient (Wildman–Crippen LogP) is 3.00. The van der Waals surface area contributed by atoms with Gasteiger partial charge in [0.05, 0.1) is 13.7 Å². The van der Waals surface area contributed by atoms with Crippen molar-refractivity contribution in [2.45, 2.75) is 19.0 Å². The van der Waals surface area contributed by atoms with Crippen LogP contribution in [0.3, 0.4) is 0 Å². The van der Waals surface area contributed by atoms with Gasteiger partial charge in [-0.2, -0.15) is 0 Å². The van der Waals surface area contributed by atoms with Crippen molar-refractivity contribution in [1.82, 2.24) is 15.2 Å². The molecule has 0 radical (unpaired) electrons. The van der Waals surface area contributed by atoms with Crippen LogP contribution in [-0.4, -0.2) is 34.1 Å². The monoisotopic (exact) mass is 365 g/mol. The van der Waals surface area contributed by atoms with Gasteiger partial charge < -0.3 is 15.0 Å². The lowest BCUT2D eigenvalue weighted by Gasteiger charge is -2.15. The smallest absolute Gasteiger partial charge is 0.251 e. The van der Waals surface area contributed by atoms with E-state index in [0.717, 1.165) is 27.8 Å². The molecule has 0 spiro atoms. The standard InChI is InChI=1S/C20H19N3O2S/c1-25-15-8-6-13(7-9-15)12-23-19(24)18(22-20(23)26)10-14-11-21-17-5-3-2-4-16(14)17/h2-9,11,18,21H,10,12H2,1H3,(H,22,26)/t18-/m1/s1. The molecule has 132 valence electrons. The zero-order valence-corrected chi connectivity index (χ0v) is 15.2. The number of ether oxygens (including phenoxy) is 1. The number of H-pyrrole nitrogens is 1. The second kappa shape index (κ2) is 6.80. The van der Waals surface area contributed by atoms with E-state index in [0.29, 0.717) is 18.1 Å². The van der Waals surface area contributed by atoms with Gasteiger partial charge in [-0.15, -0.1) is 0 Å². The maximum atomic E-state index is 12.8. The van der Waals surface area contributed by atoms with E-state index in [2.05, 4.69) is 16.4 Å². The van der Waals surface area contributed by atoms with Crippen molar-refractivity contribution in [3.05, 3.63) is 65.9 Å². The Bertz CT molecular complexity index is 965. The van der Waals surface area contributed by atoms with Gasteiger partial charge in [-0.3, -0.25) is 9.69 Å². The third-order valence-corrected chi connectivity index (χ3v) is 5.04. The van der Waals surface area contributed by atoms with Gasteiger partial charge >= 0.3 is 0 Å². The zero-order valence-electron chi connectivity index (χ0n) is 14.4. The summed E-state index contributed by atoms with van der Waals surface area (Å²) in [7, 11) is 1.63. The van der Waals surface area contributed by atoms with Crippen molar-refractivity contribution >= 4 is 34.1 Å². The van der Waals surface area contributed by atoms with E-state index >= 15 is 0 Å². The summed E-state index contributed by atoms with van der Waals surface area (Å²) >= 11 is 5.40. The Morgan fingerprint density at radius 2 is 1.92 bits per heavy atom. The van der Waals surface area contributed by atoms with Gasteiger partial charge in [0, 0.05) is 23.5 Å². The lowest BCUT2D eigenvalue weighted by molar-refractivity contribution is -0.127. The molecule has 0 aliphatic carbocycles. The molecule has 3 aromatic rings. The summed E-state index contributed by atoms with van der Waals surface area (Å²) in [5.41, 5.74) is 3.20. The van der Waals surface area contributed by atoms with Gasteiger partial charge in [0.1, 0.15) is 11.8 Å². The Morgan fingerprint density at radius 3 is 2.69 bits per heavy atom. The van der Waals surface area contributed by atoms with Crippen LogP contribution in [0.1, 0.15) is 11.1 Å². The van der Waals surface area contributed by atoms with Crippen molar-refractivity contribution < 1.29 is 9.53 Å². The lowest BCUT2D eigenvalue weighted by Crippen LogP contribution is -2.32. The molecule has 2 N–H and O–H groups in total. The van der Waals surface area contributed by atoms with Crippen LogP contribution in [0, 0.1) is 0 Å². The second-order valence-corrected chi connectivity index (χ2v) is 6.72. The third kappa shape index (κ3) is 3.04. The molecule has 6 heteroatoms. The summed E-state index contributed by atoms with van der Waals surface area (Å²) in [6.45, 7) is 0.457. The molecule has 1 aliphatic rings. The third-order valence-electron chi connectivity index (χ3n) is 4.71. The largest absolute Gasteiger partial charge is 0.497 e. The highest BCUT2D eigenvalue weighted by molar-refractivity contribution is 7.80. The number of rotatable bonds is 5. The van der Waals surface area contributed by atoms with Gasteiger partial charge in [0.15, 0.2) is 5.11 Å². The Labute approximate surface area is 157 Å². The molecule has 0 unspecified atom stereocenters. The van der Waals surface area contributed by atoms with E-state index < -0.39 is 0 Å². The van der Waals surface area contributed by atoms with Crippen LogP contribution in [0.4, 0.5) is 0 Å². The Hall–Kier alpha value is -2.86. The average molecular weight is 365 g/mol. The van der Waals surface area contributed by atoms with E-state index in [4.69, 9.17) is 17.0 Å². The van der Waals surface area contributed by atoms with Crippen LogP contribution in [0.15, 0.2) is 54.7 Å². The number of hydrogen-bond donors (Lipinski definition) is 2. The molecule has 0 saturated carbocycles. The highest BCUT2D eigenvalue weighted by atomic mass is 32.1. The summed E-state index contributed by atoms with van der Waals surface area (Å²) in [6.07, 6.45) is 2.57. The molecular formula is C20H19N3O2S. The average Bonchev–Trinajstić information content (AvgIpc) is 3.19. The van der Waals surface area contributed by atoms with Gasteiger partial charge in [0.2, 0.25) is 0 Å². The molecule has 26 heavy (non-hydrogen) atoms. The molecule has 1 fully saturated rings. The topological polar surface area (TPSA) is 57.4 Å². The fourth-order valence-electron chi connectivity index (χ4n) is 3.30. The van der Waals surface area contributed by atoms with Gasteiger partial charge in [0.25, 0.3) is 5.91 Å². The first-order valence-electron chi connectivity index (χ1n) is 8.45. The van der Waals surface area contributed by atoms with Crippen molar-refractivity contribution in [1.29, 1.82) is 0 Å². The molecular weight excluding hydrogens is 346 g/mol. The van der Waals surface area contributed by atoms with E-state index in [1.807, 2.05) is 48.7 Å². The summed E-state index contributed by atoms with van der Waals surface area (Å²) in [5, 5.41) is 4.79. The summed E-state index contributed by atoms with van der Waals surface area (Å²) in [5.74, 6) is 0.801. The van der Waals surface area contributed by atoms with Crippen LogP contribution in [-0.2, 0) is 17.8 Å². The number of hydrogen-bond acceptors (Lipinski definition) is 3. The first-order chi connectivity index (χ1) is 12.7. The summed E-state index contributed by atoms with van der Waals surface area (Å²) in [6, 6.07) is 15.4. The van der Waals surface area contributed by atoms with Crippen molar-refractivity contribution in [2.75, 3.05) is 7.11 Å². The number of thiocarbonyl (C=S) groups is 1. The van der Waals surface area contributed by atoms with Crippen LogP contribution in [0.2, 0.25) is 0 Å². The molecule has 1 atom stereocenters. The Balaban J connectivity index is 1.49. The SMILES string of the molecule is COc1ccc(CN2C(=O)[C@@H](Cc3c[nH]c4ccccc34)NC2=S)cc1. The van der Waals surface area contributed by atoms with Gasteiger partial charge in [-0.1, -0.05) is 30.3 Å². The number of nitrogens with zero attached hydrogens (tertiary/aromatic N) is 1. The number of carbonyl (C=O) groups is 1. The van der Waals surface area contributed by atoms with Crippen molar-refractivity contribution in [2.24, 2.45) is 0 Å². The van der Waals surface area contributed by atoms with Crippen LogP contribution in [0.5, 0.6) is 5.75 Å². The fourth-order valence-corrected chi connectivity index (χ4v) is 3.60. The Kier molecular flexibility index (Phi) is 4.34. The quantitative estimate of drug-likeness (QED) is 0.683. The van der Waals surface area contributed by atoms with E-state index in [9.17, 15) is 4.79 Å². The van der Waals surface area contributed by atoms with Gasteiger partial charge in [-0.25, -0.2) is 0 Å². The highest BCUT2D eigenvalue weighted by Crippen LogP contribution is 2.22. The van der Waals surface area contributed by atoms with Crippen LogP contribution in [0.25, 0.3) is 10.9 Å². The molecule has 1 aliphatic heterocycles. The number of aromatic amines is 1. The van der Waals surface area contributed by atoms with E-state index in [1.165, 1.54) is 0 Å². The number of methoxy groups -OCH3 is 1. The second-order valence-electron chi connectivity index (χ2n) is 6.34. The number of nitrogens with one attached hydrogen (secondary N) is 2. The van der Waals surface area contributed by atoms with Crippen LogP contribution >= 0.6 is 12.2 Å². The minimum atomic E-state index is -0.333. The molecule has 2 aromatic carbocycles. The molecule has 1 aromatic heterocycles. The molecule has 1 amide bonds. The molecule has 2 heterocycles. The predicted molar refractivity (Wildman–Crippen MR) is 105 cm³/mol. The van der Waals surface area contributed by atoms with Crippen LogP contribution < -0.4 is 10.1 Å². The Morgan fingerprint density at radius 1 is 1.15 bits per heavy atom. The van der Waals surface area contributed by atoms with E-state index in [-0.39, 0.29) is 11.9 Å². The molecule has 1 saturated heterocycles. The maximum absolute atomic E-state index is 12.8. The lowest BCUT2D eigenvalue weighted by atomic mass is 10.0. The van der Waals surface area contributed by atoms with E-state index in [1.54, 1.807) is 12.0 Å². The number of para-hydroxylation sites is 1. The highest BCUT2D eigenvalue weighted by Gasteiger charge is 2.35. The molecule has 4 rings (SSSR count). The van der Waals surface area contributed by atoms with Gasteiger partial charge in [-0.05, 0) is 41.5 Å². The zero-order chi connectivity index (χ0) is 18.1. The van der Waals surface area contributed by atoms with Crippen molar-refractivity contribution in [3.8, 4) is 5.75 Å². The number of aromatic nitrogens is 1. The number of carbonyl (C=O) groups excluding carboxylic acids is 1. The summed E-state index contributed by atoms with van der Waals surface area (Å²) in [4.78, 5) is 17.7. The minimum Gasteiger partial charge on any atom is -0.497 e. The van der Waals surface area contributed by atoms with Crippen molar-refractivity contribution in [3.63, 3.8) is 0 Å². The first kappa shape index (κ1) is 16.6. The minimum absolute atomic E-state index is 0.0103. The molecule has 5 nitrogen and oxygen atoms in total. The summed E-state index contributed by atoms with van der Waals surface area (Å²) < 4.78 is 5.17. The normalized spacial score (nSPS) is 17.0.